The van der Waals surface area contributed by atoms with Gasteiger partial charge in [0.25, 0.3) is 0 Å². The number of aryl methyl sites for hydroxylation is 2. The Bertz CT molecular complexity index is 514. The van der Waals surface area contributed by atoms with E-state index in [4.69, 9.17) is 17.3 Å². The molecule has 0 aliphatic carbocycles. The fourth-order valence-electron chi connectivity index (χ4n) is 2.06. The van der Waals surface area contributed by atoms with Crippen molar-refractivity contribution in [2.45, 2.75) is 19.9 Å². The normalized spacial score (nSPS) is 12.5. The Balaban J connectivity index is 2.43. The highest BCUT2D eigenvalue weighted by Crippen LogP contribution is 2.25. The zero-order valence-electron chi connectivity index (χ0n) is 10.1. The molecule has 2 N–H and O–H groups in total. The highest BCUT2D eigenvalue weighted by molar-refractivity contribution is 6.30. The summed E-state index contributed by atoms with van der Waals surface area (Å²) < 4.78 is 0. The van der Waals surface area contributed by atoms with Crippen LogP contribution < -0.4 is 5.73 Å². The van der Waals surface area contributed by atoms with Crippen LogP contribution in [0.2, 0.25) is 5.02 Å². The van der Waals surface area contributed by atoms with Crippen molar-refractivity contribution >= 4 is 11.6 Å². The van der Waals surface area contributed by atoms with Crippen molar-refractivity contribution in [3.8, 4) is 0 Å². The number of halogens is 1. The van der Waals surface area contributed by atoms with E-state index in [0.717, 1.165) is 21.7 Å². The van der Waals surface area contributed by atoms with E-state index >= 15 is 0 Å². The Kier molecular flexibility index (Phi) is 3.51. The van der Waals surface area contributed by atoms with Crippen molar-refractivity contribution in [2.24, 2.45) is 5.73 Å². The summed E-state index contributed by atoms with van der Waals surface area (Å²) in [6, 6.07) is 14.0. The highest BCUT2D eigenvalue weighted by Gasteiger charge is 2.11. The van der Waals surface area contributed by atoms with Gasteiger partial charge in [0.2, 0.25) is 0 Å². The fraction of sp³-hybridized carbons (Fsp3) is 0.200. The van der Waals surface area contributed by atoms with Crippen LogP contribution in [-0.4, -0.2) is 0 Å². The Labute approximate surface area is 107 Å². The van der Waals surface area contributed by atoms with E-state index in [1.807, 2.05) is 31.2 Å². The van der Waals surface area contributed by atoms with Crippen LogP contribution >= 0.6 is 11.6 Å². The summed E-state index contributed by atoms with van der Waals surface area (Å²) >= 11 is 6.07. The smallest absolute Gasteiger partial charge is 0.0554 e. The van der Waals surface area contributed by atoms with E-state index in [2.05, 4.69) is 25.1 Å². The van der Waals surface area contributed by atoms with Gasteiger partial charge in [-0.15, -0.1) is 0 Å². The molecule has 0 radical (unpaired) electrons. The van der Waals surface area contributed by atoms with Gasteiger partial charge in [0.1, 0.15) is 0 Å². The lowest BCUT2D eigenvalue weighted by Gasteiger charge is -2.16. The highest BCUT2D eigenvalue weighted by atomic mass is 35.5. The molecular weight excluding hydrogens is 230 g/mol. The molecule has 0 aromatic heterocycles. The minimum absolute atomic E-state index is 0.117. The number of nitrogens with two attached hydrogens (primary N) is 1. The lowest BCUT2D eigenvalue weighted by molar-refractivity contribution is 0.860. The molecule has 0 amide bonds. The van der Waals surface area contributed by atoms with Gasteiger partial charge in [-0.05, 0) is 48.2 Å². The molecular formula is C15H16ClN. The summed E-state index contributed by atoms with van der Waals surface area (Å²) in [7, 11) is 0. The van der Waals surface area contributed by atoms with E-state index in [9.17, 15) is 0 Å². The zero-order valence-corrected chi connectivity index (χ0v) is 10.8. The molecule has 2 aromatic carbocycles. The second-order valence-corrected chi connectivity index (χ2v) is 4.83. The predicted octanol–water partition coefficient (Wildman–Crippen LogP) is 4.00. The molecule has 1 unspecified atom stereocenters. The molecule has 0 fully saturated rings. The van der Waals surface area contributed by atoms with Crippen LogP contribution in [0, 0.1) is 13.8 Å². The standard InChI is InChI=1S/C15H16ClN/c1-10-7-12(9-13(16)8-10)15(17)14-6-4-3-5-11(14)2/h3-9,15H,17H2,1-2H3. The van der Waals surface area contributed by atoms with Crippen molar-refractivity contribution in [1.29, 1.82) is 0 Å². The molecule has 0 bridgehead atoms. The van der Waals surface area contributed by atoms with Gasteiger partial charge in [-0.3, -0.25) is 0 Å². The monoisotopic (exact) mass is 245 g/mol. The molecule has 2 aromatic rings. The van der Waals surface area contributed by atoms with Crippen molar-refractivity contribution < 1.29 is 0 Å². The van der Waals surface area contributed by atoms with Crippen molar-refractivity contribution in [2.75, 3.05) is 0 Å². The van der Waals surface area contributed by atoms with E-state index in [-0.39, 0.29) is 6.04 Å². The topological polar surface area (TPSA) is 26.0 Å². The van der Waals surface area contributed by atoms with Crippen LogP contribution in [0.15, 0.2) is 42.5 Å². The van der Waals surface area contributed by atoms with E-state index in [0.29, 0.717) is 0 Å². The molecule has 0 saturated heterocycles. The Hall–Kier alpha value is -1.31. The van der Waals surface area contributed by atoms with Gasteiger partial charge in [-0.25, -0.2) is 0 Å². The summed E-state index contributed by atoms with van der Waals surface area (Å²) in [5.41, 5.74) is 10.8. The van der Waals surface area contributed by atoms with Crippen molar-refractivity contribution in [3.63, 3.8) is 0 Å². The molecule has 0 spiro atoms. The molecule has 17 heavy (non-hydrogen) atoms. The lowest BCUT2D eigenvalue weighted by atomic mass is 9.95. The maximum Gasteiger partial charge on any atom is 0.0554 e. The van der Waals surface area contributed by atoms with Crippen LogP contribution in [-0.2, 0) is 0 Å². The fourth-order valence-corrected chi connectivity index (χ4v) is 2.36. The first-order chi connectivity index (χ1) is 8.08. The second-order valence-electron chi connectivity index (χ2n) is 4.40. The average Bonchev–Trinajstić information content (AvgIpc) is 2.27. The summed E-state index contributed by atoms with van der Waals surface area (Å²) in [6.45, 7) is 4.10. The molecule has 0 heterocycles. The van der Waals surface area contributed by atoms with Crippen LogP contribution in [0.3, 0.4) is 0 Å². The molecule has 0 aliphatic heterocycles. The predicted molar refractivity (Wildman–Crippen MR) is 73.4 cm³/mol. The first-order valence-corrected chi connectivity index (χ1v) is 6.04. The summed E-state index contributed by atoms with van der Waals surface area (Å²) in [4.78, 5) is 0. The quantitative estimate of drug-likeness (QED) is 0.850. The maximum absolute atomic E-state index is 6.30. The van der Waals surface area contributed by atoms with Crippen LogP contribution in [0.5, 0.6) is 0 Å². The lowest BCUT2D eigenvalue weighted by Crippen LogP contribution is -2.13. The zero-order chi connectivity index (χ0) is 12.4. The third-order valence-electron chi connectivity index (χ3n) is 2.95. The molecule has 2 rings (SSSR count). The van der Waals surface area contributed by atoms with E-state index < -0.39 is 0 Å². The first-order valence-electron chi connectivity index (χ1n) is 5.66. The van der Waals surface area contributed by atoms with Gasteiger partial charge >= 0.3 is 0 Å². The Morgan fingerprint density at radius 3 is 2.41 bits per heavy atom. The van der Waals surface area contributed by atoms with Crippen LogP contribution in [0.1, 0.15) is 28.3 Å². The summed E-state index contributed by atoms with van der Waals surface area (Å²) in [5.74, 6) is 0. The van der Waals surface area contributed by atoms with E-state index in [1.165, 1.54) is 5.56 Å². The Morgan fingerprint density at radius 2 is 1.76 bits per heavy atom. The number of hydrogen-bond donors (Lipinski definition) is 1. The van der Waals surface area contributed by atoms with Crippen LogP contribution in [0.25, 0.3) is 0 Å². The maximum atomic E-state index is 6.30. The SMILES string of the molecule is Cc1cc(Cl)cc(C(N)c2ccccc2C)c1. The molecule has 0 aliphatic rings. The molecule has 1 atom stereocenters. The summed E-state index contributed by atoms with van der Waals surface area (Å²) in [5, 5.41) is 0.740. The number of rotatable bonds is 2. The third-order valence-corrected chi connectivity index (χ3v) is 3.17. The van der Waals surface area contributed by atoms with Gasteiger partial charge in [0, 0.05) is 5.02 Å². The largest absolute Gasteiger partial charge is 0.320 e. The molecule has 88 valence electrons. The minimum atomic E-state index is -0.117. The van der Waals surface area contributed by atoms with Gasteiger partial charge < -0.3 is 5.73 Å². The summed E-state index contributed by atoms with van der Waals surface area (Å²) in [6.07, 6.45) is 0. The average molecular weight is 246 g/mol. The molecule has 1 nitrogen and oxygen atoms in total. The van der Waals surface area contributed by atoms with Gasteiger partial charge in [-0.2, -0.15) is 0 Å². The van der Waals surface area contributed by atoms with Crippen molar-refractivity contribution in [3.05, 3.63) is 69.7 Å². The molecule has 0 saturated carbocycles. The number of hydrogen-bond acceptors (Lipinski definition) is 1. The van der Waals surface area contributed by atoms with Crippen molar-refractivity contribution in [1.82, 2.24) is 0 Å². The van der Waals surface area contributed by atoms with Gasteiger partial charge in [0.05, 0.1) is 6.04 Å². The minimum Gasteiger partial charge on any atom is -0.320 e. The Morgan fingerprint density at radius 1 is 1.06 bits per heavy atom. The van der Waals surface area contributed by atoms with Crippen LogP contribution in [0.4, 0.5) is 0 Å². The molecule has 2 heteroatoms. The first kappa shape index (κ1) is 12.2. The van der Waals surface area contributed by atoms with Gasteiger partial charge in [-0.1, -0.05) is 41.9 Å². The second kappa shape index (κ2) is 4.91. The number of benzene rings is 2. The van der Waals surface area contributed by atoms with E-state index in [1.54, 1.807) is 0 Å². The third kappa shape index (κ3) is 2.68. The van der Waals surface area contributed by atoms with Gasteiger partial charge in [0.15, 0.2) is 0 Å².